The van der Waals surface area contributed by atoms with Crippen LogP contribution in [-0.4, -0.2) is 11.0 Å². The second-order valence-electron chi connectivity index (χ2n) is 4.99. The minimum absolute atomic E-state index is 0.510. The SMILES string of the molecule is Cc1ccc(C)c(-c2ncc(CNC(C)C)s2)c1. The van der Waals surface area contributed by atoms with E-state index in [1.165, 1.54) is 21.6 Å². The molecule has 0 amide bonds. The third-order valence-electron chi connectivity index (χ3n) is 2.86. The molecule has 0 aliphatic rings. The Morgan fingerprint density at radius 2 is 2.06 bits per heavy atom. The number of hydrogen-bond donors (Lipinski definition) is 1. The first-order chi connectivity index (χ1) is 8.56. The summed E-state index contributed by atoms with van der Waals surface area (Å²) in [7, 11) is 0. The van der Waals surface area contributed by atoms with E-state index in [0.717, 1.165) is 11.6 Å². The molecule has 0 fully saturated rings. The molecule has 1 aromatic heterocycles. The molecule has 3 heteroatoms. The molecule has 0 spiro atoms. The van der Waals surface area contributed by atoms with Crippen LogP contribution < -0.4 is 5.32 Å². The van der Waals surface area contributed by atoms with Crippen LogP contribution in [-0.2, 0) is 6.54 Å². The van der Waals surface area contributed by atoms with Gasteiger partial charge in [-0.2, -0.15) is 0 Å². The van der Waals surface area contributed by atoms with Gasteiger partial charge in [-0.15, -0.1) is 11.3 Å². The number of aromatic nitrogens is 1. The van der Waals surface area contributed by atoms with Crippen molar-refractivity contribution in [1.82, 2.24) is 10.3 Å². The largest absolute Gasteiger partial charge is 0.310 e. The number of hydrogen-bond acceptors (Lipinski definition) is 3. The molecule has 2 rings (SSSR count). The molecule has 0 bridgehead atoms. The van der Waals surface area contributed by atoms with Gasteiger partial charge in [0.1, 0.15) is 5.01 Å². The monoisotopic (exact) mass is 260 g/mol. The van der Waals surface area contributed by atoms with E-state index in [4.69, 9.17) is 0 Å². The van der Waals surface area contributed by atoms with Gasteiger partial charge in [0, 0.05) is 29.2 Å². The molecule has 1 heterocycles. The van der Waals surface area contributed by atoms with Gasteiger partial charge >= 0.3 is 0 Å². The highest BCUT2D eigenvalue weighted by Gasteiger charge is 2.08. The maximum absolute atomic E-state index is 4.54. The van der Waals surface area contributed by atoms with Gasteiger partial charge in [0.2, 0.25) is 0 Å². The molecule has 18 heavy (non-hydrogen) atoms. The Labute approximate surface area is 113 Å². The molecular formula is C15H20N2S. The normalized spacial score (nSPS) is 11.2. The standard InChI is InChI=1S/C15H20N2S/c1-10(2)16-8-13-9-17-15(18-13)14-7-11(3)5-6-12(14)4/h5-7,9-10,16H,8H2,1-4H3. The van der Waals surface area contributed by atoms with E-state index in [0.29, 0.717) is 6.04 Å². The Hall–Kier alpha value is -1.19. The number of thiazole rings is 1. The highest BCUT2D eigenvalue weighted by molar-refractivity contribution is 7.15. The Kier molecular flexibility index (Phi) is 4.15. The average molecular weight is 260 g/mol. The summed E-state index contributed by atoms with van der Waals surface area (Å²) in [6.07, 6.45) is 1.98. The molecule has 1 N–H and O–H groups in total. The first-order valence-electron chi connectivity index (χ1n) is 6.32. The van der Waals surface area contributed by atoms with Gasteiger partial charge in [-0.25, -0.2) is 4.98 Å². The van der Waals surface area contributed by atoms with Gasteiger partial charge in [-0.1, -0.05) is 31.5 Å². The smallest absolute Gasteiger partial charge is 0.123 e. The van der Waals surface area contributed by atoms with Gasteiger partial charge in [-0.3, -0.25) is 0 Å². The van der Waals surface area contributed by atoms with E-state index >= 15 is 0 Å². The van der Waals surface area contributed by atoms with Crippen LogP contribution in [0, 0.1) is 13.8 Å². The van der Waals surface area contributed by atoms with Gasteiger partial charge in [0.25, 0.3) is 0 Å². The predicted octanol–water partition coefficient (Wildman–Crippen LogP) is 3.92. The fourth-order valence-corrected chi connectivity index (χ4v) is 2.73. The lowest BCUT2D eigenvalue weighted by molar-refractivity contribution is 0.593. The average Bonchev–Trinajstić information content (AvgIpc) is 2.78. The molecule has 2 nitrogen and oxygen atoms in total. The summed E-state index contributed by atoms with van der Waals surface area (Å²) in [5.74, 6) is 0. The quantitative estimate of drug-likeness (QED) is 0.901. The maximum Gasteiger partial charge on any atom is 0.123 e. The summed E-state index contributed by atoms with van der Waals surface area (Å²) >= 11 is 1.78. The van der Waals surface area contributed by atoms with E-state index in [9.17, 15) is 0 Å². The predicted molar refractivity (Wildman–Crippen MR) is 79.0 cm³/mol. The fourth-order valence-electron chi connectivity index (χ4n) is 1.78. The number of nitrogens with zero attached hydrogens (tertiary/aromatic N) is 1. The highest BCUT2D eigenvalue weighted by atomic mass is 32.1. The van der Waals surface area contributed by atoms with Gasteiger partial charge in [0.15, 0.2) is 0 Å². The van der Waals surface area contributed by atoms with Gasteiger partial charge in [-0.05, 0) is 25.5 Å². The zero-order valence-corrected chi connectivity index (χ0v) is 12.3. The number of nitrogens with one attached hydrogen (secondary N) is 1. The number of benzene rings is 1. The zero-order chi connectivity index (χ0) is 13.1. The van der Waals surface area contributed by atoms with Crippen molar-refractivity contribution in [3.63, 3.8) is 0 Å². The van der Waals surface area contributed by atoms with Gasteiger partial charge in [0.05, 0.1) is 0 Å². The molecule has 96 valence electrons. The third-order valence-corrected chi connectivity index (χ3v) is 3.89. The molecular weight excluding hydrogens is 240 g/mol. The summed E-state index contributed by atoms with van der Waals surface area (Å²) in [6.45, 7) is 9.49. The van der Waals surface area contributed by atoms with Crippen LogP contribution in [0.15, 0.2) is 24.4 Å². The molecule has 0 unspecified atom stereocenters. The van der Waals surface area contributed by atoms with Gasteiger partial charge < -0.3 is 5.32 Å². The highest BCUT2D eigenvalue weighted by Crippen LogP contribution is 2.28. The van der Waals surface area contributed by atoms with Crippen LogP contribution in [0.5, 0.6) is 0 Å². The van der Waals surface area contributed by atoms with Crippen LogP contribution in [0.3, 0.4) is 0 Å². The van der Waals surface area contributed by atoms with Crippen molar-refractivity contribution in [1.29, 1.82) is 0 Å². The van der Waals surface area contributed by atoms with E-state index in [-0.39, 0.29) is 0 Å². The molecule has 2 aromatic rings. The Morgan fingerprint density at radius 1 is 1.28 bits per heavy atom. The van der Waals surface area contributed by atoms with Crippen LogP contribution in [0.25, 0.3) is 10.6 Å². The Balaban J connectivity index is 2.21. The van der Waals surface area contributed by atoms with Crippen molar-refractivity contribution in [2.45, 2.75) is 40.3 Å². The summed E-state index contributed by atoms with van der Waals surface area (Å²) in [6, 6.07) is 7.04. The minimum atomic E-state index is 0.510. The Bertz CT molecular complexity index is 529. The molecule has 0 aliphatic heterocycles. The zero-order valence-electron chi connectivity index (χ0n) is 11.4. The summed E-state index contributed by atoms with van der Waals surface area (Å²) in [5, 5.41) is 4.54. The van der Waals surface area contributed by atoms with Crippen LogP contribution in [0.2, 0.25) is 0 Å². The van der Waals surface area contributed by atoms with Crippen molar-refractivity contribution in [3.05, 3.63) is 40.4 Å². The van der Waals surface area contributed by atoms with E-state index < -0.39 is 0 Å². The third kappa shape index (κ3) is 3.18. The topological polar surface area (TPSA) is 24.9 Å². The maximum atomic E-state index is 4.54. The Morgan fingerprint density at radius 3 is 2.78 bits per heavy atom. The number of rotatable bonds is 4. The lowest BCUT2D eigenvalue weighted by atomic mass is 10.1. The van der Waals surface area contributed by atoms with Crippen molar-refractivity contribution in [2.75, 3.05) is 0 Å². The molecule has 0 radical (unpaired) electrons. The molecule has 1 aromatic carbocycles. The van der Waals surface area contributed by atoms with Crippen LogP contribution >= 0.6 is 11.3 Å². The second-order valence-corrected chi connectivity index (χ2v) is 6.10. The summed E-state index contributed by atoms with van der Waals surface area (Å²) < 4.78 is 0. The van der Waals surface area contributed by atoms with Crippen molar-refractivity contribution >= 4 is 11.3 Å². The molecule has 0 saturated carbocycles. The molecule has 0 aliphatic carbocycles. The second kappa shape index (κ2) is 5.63. The van der Waals surface area contributed by atoms with Crippen molar-refractivity contribution < 1.29 is 0 Å². The molecule has 0 saturated heterocycles. The fraction of sp³-hybridized carbons (Fsp3) is 0.400. The van der Waals surface area contributed by atoms with E-state index in [1.54, 1.807) is 11.3 Å². The molecule has 0 atom stereocenters. The first kappa shape index (κ1) is 13.2. The van der Waals surface area contributed by atoms with E-state index in [1.807, 2.05) is 6.20 Å². The summed E-state index contributed by atoms with van der Waals surface area (Å²) in [4.78, 5) is 5.84. The van der Waals surface area contributed by atoms with Crippen molar-refractivity contribution in [2.24, 2.45) is 0 Å². The summed E-state index contributed by atoms with van der Waals surface area (Å²) in [5.41, 5.74) is 3.83. The van der Waals surface area contributed by atoms with Crippen molar-refractivity contribution in [3.8, 4) is 10.6 Å². The lowest BCUT2D eigenvalue weighted by Gasteiger charge is -2.05. The van der Waals surface area contributed by atoms with Crippen LogP contribution in [0.1, 0.15) is 29.9 Å². The minimum Gasteiger partial charge on any atom is -0.310 e. The lowest BCUT2D eigenvalue weighted by Crippen LogP contribution is -2.21. The first-order valence-corrected chi connectivity index (χ1v) is 7.13. The number of aryl methyl sites for hydroxylation is 2. The van der Waals surface area contributed by atoms with E-state index in [2.05, 4.69) is 56.2 Å². The van der Waals surface area contributed by atoms with Crippen LogP contribution in [0.4, 0.5) is 0 Å².